The fraction of sp³-hybridized carbons (Fsp3) is 0.571. The zero-order valence-electron chi connectivity index (χ0n) is 10.8. The first-order chi connectivity index (χ1) is 8.64. The Balaban J connectivity index is 2.01. The number of hydrogen-bond acceptors (Lipinski definition) is 4. The van der Waals surface area contributed by atoms with Gasteiger partial charge in [0.1, 0.15) is 0 Å². The second-order valence-corrected chi connectivity index (χ2v) is 4.88. The van der Waals surface area contributed by atoms with Crippen molar-refractivity contribution in [2.45, 2.75) is 38.1 Å². The van der Waals surface area contributed by atoms with Crippen LogP contribution in [-0.2, 0) is 22.4 Å². The Bertz CT molecular complexity index is 408. The van der Waals surface area contributed by atoms with Crippen molar-refractivity contribution in [2.24, 2.45) is 5.73 Å². The minimum atomic E-state index is -0.719. The molecule has 4 nitrogen and oxygen atoms in total. The highest BCUT2D eigenvalue weighted by Gasteiger charge is 2.35. The summed E-state index contributed by atoms with van der Waals surface area (Å²) in [6, 6.07) is 3.93. The second kappa shape index (κ2) is 5.59. The molecule has 2 heterocycles. The van der Waals surface area contributed by atoms with Crippen molar-refractivity contribution in [3.63, 3.8) is 0 Å². The average Bonchev–Trinajstić information content (AvgIpc) is 2.40. The molecule has 0 unspecified atom stereocenters. The summed E-state index contributed by atoms with van der Waals surface area (Å²) in [5.74, 6) is 0.0718. The summed E-state index contributed by atoms with van der Waals surface area (Å²) in [5, 5.41) is 0. The Morgan fingerprint density at radius 3 is 2.72 bits per heavy atom. The molecular formula is C14H20N2O2. The van der Waals surface area contributed by atoms with Crippen molar-refractivity contribution < 1.29 is 9.53 Å². The topological polar surface area (TPSA) is 65.2 Å². The van der Waals surface area contributed by atoms with E-state index in [0.717, 1.165) is 12.1 Å². The SMILES string of the molecule is CCc1ccc(CC(=O)C2(N)CCOCC2)nc1. The van der Waals surface area contributed by atoms with Crippen molar-refractivity contribution in [1.29, 1.82) is 0 Å². The molecule has 0 bridgehead atoms. The number of carbonyl (C=O) groups excluding carboxylic acids is 1. The zero-order chi connectivity index (χ0) is 13.0. The van der Waals surface area contributed by atoms with E-state index >= 15 is 0 Å². The van der Waals surface area contributed by atoms with Crippen LogP contribution in [0.4, 0.5) is 0 Å². The van der Waals surface area contributed by atoms with Crippen molar-refractivity contribution in [2.75, 3.05) is 13.2 Å². The number of ether oxygens (including phenoxy) is 1. The van der Waals surface area contributed by atoms with E-state index in [1.807, 2.05) is 18.3 Å². The first-order valence-corrected chi connectivity index (χ1v) is 6.48. The molecule has 1 fully saturated rings. The minimum Gasteiger partial charge on any atom is -0.381 e. The third kappa shape index (κ3) is 2.94. The van der Waals surface area contributed by atoms with Crippen LogP contribution in [0, 0.1) is 0 Å². The maximum atomic E-state index is 12.2. The maximum Gasteiger partial charge on any atom is 0.158 e. The van der Waals surface area contributed by atoms with Crippen LogP contribution in [0.1, 0.15) is 31.0 Å². The number of pyridine rings is 1. The molecule has 4 heteroatoms. The quantitative estimate of drug-likeness (QED) is 0.871. The molecule has 0 aliphatic carbocycles. The number of carbonyl (C=O) groups is 1. The number of hydrogen-bond donors (Lipinski definition) is 1. The van der Waals surface area contributed by atoms with E-state index < -0.39 is 5.54 Å². The predicted molar refractivity (Wildman–Crippen MR) is 69.3 cm³/mol. The van der Waals surface area contributed by atoms with E-state index in [1.54, 1.807) is 0 Å². The van der Waals surface area contributed by atoms with Gasteiger partial charge in [-0.05, 0) is 30.9 Å². The molecule has 98 valence electrons. The minimum absolute atomic E-state index is 0.0718. The van der Waals surface area contributed by atoms with Gasteiger partial charge in [-0.3, -0.25) is 9.78 Å². The molecule has 0 atom stereocenters. The number of nitrogens with zero attached hydrogens (tertiary/aromatic N) is 1. The molecule has 2 rings (SSSR count). The molecule has 0 saturated carbocycles. The molecule has 1 aromatic heterocycles. The highest BCUT2D eigenvalue weighted by Crippen LogP contribution is 2.20. The normalized spacial score (nSPS) is 18.6. The Morgan fingerprint density at radius 1 is 1.44 bits per heavy atom. The van der Waals surface area contributed by atoms with Crippen molar-refractivity contribution in [3.05, 3.63) is 29.6 Å². The van der Waals surface area contributed by atoms with E-state index in [2.05, 4.69) is 11.9 Å². The van der Waals surface area contributed by atoms with Crippen LogP contribution in [0.5, 0.6) is 0 Å². The molecule has 1 aliphatic heterocycles. The molecule has 0 aromatic carbocycles. The summed E-state index contributed by atoms with van der Waals surface area (Å²) in [6.07, 6.45) is 4.33. The fourth-order valence-corrected chi connectivity index (χ4v) is 2.12. The van der Waals surface area contributed by atoms with Gasteiger partial charge in [-0.15, -0.1) is 0 Å². The van der Waals surface area contributed by atoms with Crippen LogP contribution in [0.25, 0.3) is 0 Å². The summed E-state index contributed by atoms with van der Waals surface area (Å²) in [4.78, 5) is 16.5. The monoisotopic (exact) mass is 248 g/mol. The van der Waals surface area contributed by atoms with Crippen LogP contribution in [0.15, 0.2) is 18.3 Å². The Labute approximate surface area is 108 Å². The number of ketones is 1. The third-order valence-electron chi connectivity index (χ3n) is 3.58. The van der Waals surface area contributed by atoms with Gasteiger partial charge in [0, 0.05) is 25.1 Å². The number of nitrogens with two attached hydrogens (primary N) is 1. The van der Waals surface area contributed by atoms with Gasteiger partial charge in [0.05, 0.1) is 12.0 Å². The first-order valence-electron chi connectivity index (χ1n) is 6.48. The van der Waals surface area contributed by atoms with E-state index in [1.165, 1.54) is 5.56 Å². The lowest BCUT2D eigenvalue weighted by molar-refractivity contribution is -0.126. The largest absolute Gasteiger partial charge is 0.381 e. The van der Waals surface area contributed by atoms with Gasteiger partial charge in [0.25, 0.3) is 0 Å². The molecule has 18 heavy (non-hydrogen) atoms. The zero-order valence-corrected chi connectivity index (χ0v) is 10.8. The summed E-state index contributed by atoms with van der Waals surface area (Å²) >= 11 is 0. The van der Waals surface area contributed by atoms with Crippen molar-refractivity contribution in [1.82, 2.24) is 4.98 Å². The van der Waals surface area contributed by atoms with Crippen LogP contribution in [-0.4, -0.2) is 29.5 Å². The van der Waals surface area contributed by atoms with E-state index in [-0.39, 0.29) is 5.78 Å². The lowest BCUT2D eigenvalue weighted by Gasteiger charge is -2.31. The van der Waals surface area contributed by atoms with Crippen LogP contribution in [0.2, 0.25) is 0 Å². The van der Waals surface area contributed by atoms with Crippen LogP contribution in [0.3, 0.4) is 0 Å². The van der Waals surface area contributed by atoms with Gasteiger partial charge in [-0.25, -0.2) is 0 Å². The average molecular weight is 248 g/mol. The smallest absolute Gasteiger partial charge is 0.158 e. The van der Waals surface area contributed by atoms with Gasteiger partial charge >= 0.3 is 0 Å². The molecule has 0 radical (unpaired) electrons. The Morgan fingerprint density at radius 2 is 2.17 bits per heavy atom. The van der Waals surface area contributed by atoms with Gasteiger partial charge in [0.2, 0.25) is 0 Å². The molecule has 0 amide bonds. The molecule has 1 aromatic rings. The van der Waals surface area contributed by atoms with E-state index in [9.17, 15) is 4.79 Å². The molecule has 1 saturated heterocycles. The van der Waals surface area contributed by atoms with Gasteiger partial charge in [-0.1, -0.05) is 13.0 Å². The fourth-order valence-electron chi connectivity index (χ4n) is 2.12. The number of aryl methyl sites for hydroxylation is 1. The first kappa shape index (κ1) is 13.2. The van der Waals surface area contributed by atoms with Gasteiger partial charge in [-0.2, -0.15) is 0 Å². The third-order valence-corrected chi connectivity index (χ3v) is 3.58. The van der Waals surface area contributed by atoms with Crippen molar-refractivity contribution in [3.8, 4) is 0 Å². The molecule has 2 N–H and O–H groups in total. The van der Waals surface area contributed by atoms with Crippen LogP contribution >= 0.6 is 0 Å². The summed E-state index contributed by atoms with van der Waals surface area (Å²) in [7, 11) is 0. The highest BCUT2D eigenvalue weighted by molar-refractivity contribution is 5.89. The summed E-state index contributed by atoms with van der Waals surface area (Å²) < 4.78 is 5.25. The summed E-state index contributed by atoms with van der Waals surface area (Å²) in [5.41, 5.74) is 7.41. The summed E-state index contributed by atoms with van der Waals surface area (Å²) in [6.45, 7) is 3.23. The van der Waals surface area contributed by atoms with Gasteiger partial charge in [0.15, 0.2) is 5.78 Å². The Hall–Kier alpha value is -1.26. The highest BCUT2D eigenvalue weighted by atomic mass is 16.5. The number of Topliss-reactive ketones (excluding diaryl/α,β-unsaturated/α-hetero) is 1. The molecule has 1 aliphatic rings. The second-order valence-electron chi connectivity index (χ2n) is 4.88. The van der Waals surface area contributed by atoms with E-state index in [4.69, 9.17) is 10.5 Å². The lowest BCUT2D eigenvalue weighted by Crippen LogP contribution is -2.52. The van der Waals surface area contributed by atoms with Gasteiger partial charge < -0.3 is 10.5 Å². The van der Waals surface area contributed by atoms with Crippen LogP contribution < -0.4 is 5.73 Å². The van der Waals surface area contributed by atoms with Crippen molar-refractivity contribution >= 4 is 5.78 Å². The lowest BCUT2D eigenvalue weighted by atomic mass is 9.84. The van der Waals surface area contributed by atoms with E-state index in [0.29, 0.717) is 32.5 Å². The molecule has 0 spiro atoms. The maximum absolute atomic E-state index is 12.2. The number of rotatable bonds is 4. The molecular weight excluding hydrogens is 228 g/mol. The Kier molecular flexibility index (Phi) is 4.09. The number of aromatic nitrogens is 1. The standard InChI is InChI=1S/C14H20N2O2/c1-2-11-3-4-12(16-10-11)9-13(17)14(15)5-7-18-8-6-14/h3-4,10H,2,5-9,15H2,1H3. The predicted octanol–water partition coefficient (Wildman–Crippen LogP) is 1.26.